The third-order valence-corrected chi connectivity index (χ3v) is 11.8. The Kier molecular flexibility index (Phi) is 10.1. The smallest absolute Gasteiger partial charge is 0.262 e. The van der Waals surface area contributed by atoms with Gasteiger partial charge in [-0.05, 0) is 56.2 Å². The van der Waals surface area contributed by atoms with Crippen molar-refractivity contribution in [2.24, 2.45) is 5.92 Å². The molecule has 1 aromatic rings. The van der Waals surface area contributed by atoms with Gasteiger partial charge in [-0.2, -0.15) is 4.31 Å². The van der Waals surface area contributed by atoms with Crippen molar-refractivity contribution in [2.75, 3.05) is 78.2 Å². The number of ether oxygens (including phenoxy) is 4. The monoisotopic (exact) mass is 662 g/mol. The molecule has 15 heteroatoms. The summed E-state index contributed by atoms with van der Waals surface area (Å²) in [5.74, 6) is -1.06. The molecule has 6 rings (SSSR count). The van der Waals surface area contributed by atoms with Crippen LogP contribution in [0.25, 0.3) is 0 Å². The number of piperazine rings is 1. The highest BCUT2D eigenvalue weighted by Gasteiger charge is 2.57. The summed E-state index contributed by atoms with van der Waals surface area (Å²) in [7, 11) is -3.34. The Labute approximate surface area is 268 Å². The predicted molar refractivity (Wildman–Crippen MR) is 163 cm³/mol. The maximum absolute atomic E-state index is 12.9. The molecule has 2 aliphatic carbocycles. The quantitative estimate of drug-likeness (QED) is 0.193. The molecule has 2 saturated heterocycles. The van der Waals surface area contributed by atoms with Crippen LogP contribution < -0.4 is 10.1 Å². The number of sulfonamides is 1. The van der Waals surface area contributed by atoms with Crippen molar-refractivity contribution in [3.63, 3.8) is 0 Å². The van der Waals surface area contributed by atoms with Gasteiger partial charge in [0.25, 0.3) is 11.8 Å². The minimum atomic E-state index is -3.34. The number of imide groups is 2. The highest BCUT2D eigenvalue weighted by molar-refractivity contribution is 7.89. The van der Waals surface area contributed by atoms with Crippen LogP contribution >= 0.6 is 0 Å². The van der Waals surface area contributed by atoms with Gasteiger partial charge in [0.15, 0.2) is 0 Å². The molecule has 0 spiro atoms. The second kappa shape index (κ2) is 14.0. The van der Waals surface area contributed by atoms with Crippen LogP contribution in [0.1, 0.15) is 59.2 Å². The van der Waals surface area contributed by atoms with Gasteiger partial charge in [0.1, 0.15) is 18.4 Å². The average molecular weight is 663 g/mol. The second-order valence-corrected chi connectivity index (χ2v) is 14.5. The number of nitrogens with one attached hydrogen (secondary N) is 1. The van der Waals surface area contributed by atoms with E-state index in [4.69, 9.17) is 18.9 Å². The number of carbonyl (C=O) groups excluding carboxylic acids is 4. The molecule has 3 heterocycles. The number of piperidine rings is 1. The number of nitrogens with zero attached hydrogens (tertiary/aromatic N) is 3. The average Bonchev–Trinajstić information content (AvgIpc) is 3.28. The van der Waals surface area contributed by atoms with Crippen LogP contribution in [0.2, 0.25) is 0 Å². The molecule has 3 aliphatic heterocycles. The Bertz CT molecular complexity index is 1440. The summed E-state index contributed by atoms with van der Waals surface area (Å²) in [6, 6.07) is 3.51. The molecule has 46 heavy (non-hydrogen) atoms. The lowest BCUT2D eigenvalue weighted by molar-refractivity contribution is -0.136. The summed E-state index contributed by atoms with van der Waals surface area (Å²) < 4.78 is 49.2. The van der Waals surface area contributed by atoms with E-state index in [2.05, 4.69) is 10.2 Å². The van der Waals surface area contributed by atoms with E-state index in [1.54, 1.807) is 10.4 Å². The second-order valence-electron chi connectivity index (χ2n) is 12.4. The lowest BCUT2D eigenvalue weighted by Crippen LogP contribution is -2.69. The van der Waals surface area contributed by atoms with Crippen molar-refractivity contribution in [3.8, 4) is 5.75 Å². The molecule has 1 atom stereocenters. The number of fused-ring (bicyclic) bond motifs is 2. The third kappa shape index (κ3) is 6.71. The largest absolute Gasteiger partial charge is 0.491 e. The number of hydrogen-bond donors (Lipinski definition) is 1. The van der Waals surface area contributed by atoms with Gasteiger partial charge >= 0.3 is 0 Å². The van der Waals surface area contributed by atoms with E-state index >= 15 is 0 Å². The molecule has 252 valence electrons. The van der Waals surface area contributed by atoms with Gasteiger partial charge in [-0.1, -0.05) is 0 Å². The Balaban J connectivity index is 0.793. The van der Waals surface area contributed by atoms with Crippen molar-refractivity contribution in [1.29, 1.82) is 0 Å². The van der Waals surface area contributed by atoms with E-state index < -0.39 is 39.7 Å². The Morgan fingerprint density at radius 3 is 2.02 bits per heavy atom. The molecule has 0 bridgehead atoms. The molecule has 5 aliphatic rings. The van der Waals surface area contributed by atoms with E-state index in [-0.39, 0.29) is 56.1 Å². The van der Waals surface area contributed by atoms with Crippen LogP contribution in [0, 0.1) is 5.92 Å². The summed E-state index contributed by atoms with van der Waals surface area (Å²) >= 11 is 0. The highest BCUT2D eigenvalue weighted by atomic mass is 32.2. The summed E-state index contributed by atoms with van der Waals surface area (Å²) in [6.45, 7) is 4.62. The Hall–Kier alpha value is -2.95. The minimum absolute atomic E-state index is 0.0311. The molecule has 4 fully saturated rings. The molecular weight excluding hydrogens is 620 g/mol. The number of amides is 4. The summed E-state index contributed by atoms with van der Waals surface area (Å²) in [4.78, 5) is 52.8. The van der Waals surface area contributed by atoms with E-state index in [9.17, 15) is 27.6 Å². The lowest BCUT2D eigenvalue weighted by Gasteiger charge is -2.65. The van der Waals surface area contributed by atoms with Gasteiger partial charge in [-0.3, -0.25) is 34.3 Å². The zero-order valence-electron chi connectivity index (χ0n) is 25.9. The topological polar surface area (TPSA) is 161 Å². The Morgan fingerprint density at radius 1 is 0.783 bits per heavy atom. The van der Waals surface area contributed by atoms with Gasteiger partial charge in [0, 0.05) is 38.1 Å². The fraction of sp³-hybridized carbons (Fsp3) is 0.677. The molecule has 14 nitrogen and oxygen atoms in total. The first-order chi connectivity index (χ1) is 22.2. The maximum atomic E-state index is 12.9. The number of rotatable bonds is 16. The normalized spacial score (nSPS) is 26.7. The zero-order chi connectivity index (χ0) is 32.3. The van der Waals surface area contributed by atoms with Crippen molar-refractivity contribution in [1.82, 2.24) is 19.4 Å². The SMILES string of the molecule is O=C1CCC(N2C(=O)c3ccc(OCCOCCOCCOCCS(=O)(=O)N4CCN(C56CCC5CC6)CC4)cc3C2=O)C(=O)N1. The fourth-order valence-corrected chi connectivity index (χ4v) is 8.52. The van der Waals surface area contributed by atoms with Crippen LogP contribution in [0.4, 0.5) is 0 Å². The van der Waals surface area contributed by atoms with Gasteiger partial charge in [0.2, 0.25) is 21.8 Å². The van der Waals surface area contributed by atoms with Gasteiger partial charge in [-0.25, -0.2) is 8.42 Å². The molecule has 4 amide bonds. The van der Waals surface area contributed by atoms with Crippen LogP contribution in [-0.4, -0.2) is 136 Å². The maximum Gasteiger partial charge on any atom is 0.262 e. The van der Waals surface area contributed by atoms with Crippen LogP contribution in [0.5, 0.6) is 5.75 Å². The number of carbonyl (C=O) groups is 4. The van der Waals surface area contributed by atoms with Crippen LogP contribution in [0.3, 0.4) is 0 Å². The van der Waals surface area contributed by atoms with Crippen molar-refractivity contribution >= 4 is 33.7 Å². The lowest BCUT2D eigenvalue weighted by atomic mass is 9.52. The molecule has 1 aromatic carbocycles. The third-order valence-electron chi connectivity index (χ3n) is 10.0. The first-order valence-corrected chi connectivity index (χ1v) is 17.7. The Morgan fingerprint density at radius 2 is 1.41 bits per heavy atom. The minimum Gasteiger partial charge on any atom is -0.491 e. The van der Waals surface area contributed by atoms with Gasteiger partial charge in [-0.15, -0.1) is 0 Å². The van der Waals surface area contributed by atoms with Crippen molar-refractivity contribution in [2.45, 2.75) is 50.1 Å². The van der Waals surface area contributed by atoms with E-state index in [1.165, 1.54) is 37.8 Å². The molecule has 1 N–H and O–H groups in total. The first kappa shape index (κ1) is 33.0. The molecule has 0 radical (unpaired) electrons. The van der Waals surface area contributed by atoms with Gasteiger partial charge < -0.3 is 18.9 Å². The standard InChI is InChI=1S/C31H42N4O10S/c36-27-4-3-26(28(37)32-27)35-29(38)24-2-1-23(21-25(24)30(35)39)45-18-17-43-14-13-42-15-16-44-19-20-46(40,41)34-11-9-33(10-12-34)31-7-5-22(31)6-8-31/h1-2,21-22,26H,3-20H2,(H,32,36,37). The predicted octanol–water partition coefficient (Wildman–Crippen LogP) is 0.406. The zero-order valence-corrected chi connectivity index (χ0v) is 26.8. The summed E-state index contributed by atoms with van der Waals surface area (Å²) in [6.07, 6.45) is 5.34. The summed E-state index contributed by atoms with van der Waals surface area (Å²) in [5.41, 5.74) is 0.721. The molecule has 0 aromatic heterocycles. The number of benzene rings is 1. The first-order valence-electron chi connectivity index (χ1n) is 16.1. The molecule has 1 unspecified atom stereocenters. The van der Waals surface area contributed by atoms with Gasteiger partial charge in [0.05, 0.1) is 56.5 Å². The van der Waals surface area contributed by atoms with E-state index in [1.807, 2.05) is 0 Å². The fourth-order valence-electron chi connectivity index (χ4n) is 7.21. The summed E-state index contributed by atoms with van der Waals surface area (Å²) in [5, 5.41) is 2.17. The van der Waals surface area contributed by atoms with E-state index in [0.717, 1.165) is 23.9 Å². The van der Waals surface area contributed by atoms with Crippen molar-refractivity contribution in [3.05, 3.63) is 29.3 Å². The molecule has 2 saturated carbocycles. The highest BCUT2D eigenvalue weighted by Crippen LogP contribution is 2.57. The molecular formula is C31H42N4O10S. The van der Waals surface area contributed by atoms with E-state index in [0.29, 0.717) is 44.2 Å². The van der Waals surface area contributed by atoms with Crippen LogP contribution in [0.15, 0.2) is 18.2 Å². The van der Waals surface area contributed by atoms with Crippen LogP contribution in [-0.2, 0) is 33.8 Å². The number of hydrogen-bond acceptors (Lipinski definition) is 11. The van der Waals surface area contributed by atoms with Crippen molar-refractivity contribution < 1.29 is 46.5 Å².